The summed E-state index contributed by atoms with van der Waals surface area (Å²) in [7, 11) is 0. The van der Waals surface area contributed by atoms with E-state index in [0.29, 0.717) is 5.89 Å². The van der Waals surface area contributed by atoms with E-state index < -0.39 is 0 Å². The summed E-state index contributed by atoms with van der Waals surface area (Å²) in [6.45, 7) is 0. The number of oxazole rings is 1. The Hall–Kier alpha value is -6.95. The third kappa shape index (κ3) is 4.94. The highest BCUT2D eigenvalue weighted by molar-refractivity contribution is 7.26. The van der Waals surface area contributed by atoms with Gasteiger partial charge in [0.2, 0.25) is 5.89 Å². The topological polar surface area (TPSA) is 42.4 Å². The molecule has 3 aromatic heterocycles. The second-order valence-electron chi connectivity index (χ2n) is 13.5. The van der Waals surface area contributed by atoms with Gasteiger partial charge in [-0.1, -0.05) is 109 Å². The molecule has 0 saturated heterocycles. The standard InChI is InChI=1S/C49H30N2O2S/c1-3-12-31(13-4-1)36-16-7-8-17-37(36)32-22-24-34(25-23-32)51(40-19-11-21-42-46(40)38-18-9-10-20-41(38)52-42)35-26-28-44-39(30-35)47-45(54-44)29-27-43-48(47)50-49(53-43)33-14-5-2-6-15-33/h1-30H. The minimum Gasteiger partial charge on any atom is -0.456 e. The van der Waals surface area contributed by atoms with Crippen molar-refractivity contribution < 1.29 is 8.83 Å². The van der Waals surface area contributed by atoms with Gasteiger partial charge in [0.1, 0.15) is 16.7 Å². The molecule has 4 nitrogen and oxygen atoms in total. The van der Waals surface area contributed by atoms with Crippen LogP contribution >= 0.6 is 11.3 Å². The first kappa shape index (κ1) is 30.7. The fourth-order valence-corrected chi connectivity index (χ4v) is 8.94. The first-order valence-electron chi connectivity index (χ1n) is 18.0. The molecule has 11 aromatic rings. The Morgan fingerprint density at radius 1 is 0.426 bits per heavy atom. The third-order valence-corrected chi connectivity index (χ3v) is 11.5. The molecule has 11 rings (SSSR count). The Bertz CT molecular complexity index is 3160. The van der Waals surface area contributed by atoms with Crippen LogP contribution in [0.25, 0.3) is 86.9 Å². The van der Waals surface area contributed by atoms with Gasteiger partial charge in [-0.15, -0.1) is 11.3 Å². The van der Waals surface area contributed by atoms with Crippen LogP contribution in [0.1, 0.15) is 0 Å². The van der Waals surface area contributed by atoms with Crippen LogP contribution < -0.4 is 4.90 Å². The summed E-state index contributed by atoms with van der Waals surface area (Å²) < 4.78 is 15.1. The molecular weight excluding hydrogens is 681 g/mol. The number of thiophene rings is 1. The summed E-state index contributed by atoms with van der Waals surface area (Å²) in [4.78, 5) is 7.43. The van der Waals surface area contributed by atoms with Gasteiger partial charge in [-0.3, -0.25) is 0 Å². The van der Waals surface area contributed by atoms with Crippen LogP contribution in [0, 0.1) is 0 Å². The van der Waals surface area contributed by atoms with Crippen LogP contribution in [0.4, 0.5) is 17.1 Å². The molecule has 3 heterocycles. The molecule has 0 fully saturated rings. The van der Waals surface area contributed by atoms with Crippen LogP contribution in [0.3, 0.4) is 0 Å². The van der Waals surface area contributed by atoms with Gasteiger partial charge in [-0.25, -0.2) is 4.98 Å². The van der Waals surface area contributed by atoms with Gasteiger partial charge >= 0.3 is 0 Å². The number of aromatic nitrogens is 1. The highest BCUT2D eigenvalue weighted by Gasteiger charge is 2.22. The lowest BCUT2D eigenvalue weighted by Crippen LogP contribution is -2.10. The zero-order chi connectivity index (χ0) is 35.6. The molecule has 0 aliphatic rings. The number of nitrogens with zero attached hydrogens (tertiary/aromatic N) is 2. The summed E-state index contributed by atoms with van der Waals surface area (Å²) in [6.07, 6.45) is 0. The summed E-state index contributed by atoms with van der Waals surface area (Å²) in [5.41, 5.74) is 12.3. The van der Waals surface area contributed by atoms with Gasteiger partial charge in [-0.2, -0.15) is 0 Å². The van der Waals surface area contributed by atoms with Crippen LogP contribution in [0.2, 0.25) is 0 Å². The van der Waals surface area contributed by atoms with Gasteiger partial charge in [0.05, 0.1) is 11.1 Å². The Kier molecular flexibility index (Phi) is 7.00. The monoisotopic (exact) mass is 710 g/mol. The fraction of sp³-hybridized carbons (Fsp3) is 0. The number of para-hydroxylation sites is 1. The van der Waals surface area contributed by atoms with Gasteiger partial charge < -0.3 is 13.7 Å². The molecule has 0 atom stereocenters. The summed E-state index contributed by atoms with van der Waals surface area (Å²) >= 11 is 1.78. The molecule has 5 heteroatoms. The molecule has 0 bridgehead atoms. The number of anilines is 3. The number of benzene rings is 8. The Labute approximate surface area is 314 Å². The van der Waals surface area contributed by atoms with E-state index in [1.807, 2.05) is 48.5 Å². The molecule has 0 N–H and O–H groups in total. The van der Waals surface area contributed by atoms with E-state index in [1.54, 1.807) is 11.3 Å². The molecule has 0 aliphatic heterocycles. The second kappa shape index (κ2) is 12.3. The van der Waals surface area contributed by atoms with Gasteiger partial charge in [0.25, 0.3) is 0 Å². The van der Waals surface area contributed by atoms with Crippen molar-refractivity contribution in [3.8, 4) is 33.7 Å². The largest absolute Gasteiger partial charge is 0.456 e. The fourth-order valence-electron chi connectivity index (χ4n) is 7.85. The van der Waals surface area contributed by atoms with Crippen LogP contribution in [0.15, 0.2) is 191 Å². The lowest BCUT2D eigenvalue weighted by molar-refractivity contribution is 0.620. The molecule has 54 heavy (non-hydrogen) atoms. The minimum absolute atomic E-state index is 0.627. The van der Waals surface area contributed by atoms with Crippen molar-refractivity contribution in [1.29, 1.82) is 0 Å². The molecule has 0 amide bonds. The van der Waals surface area contributed by atoms with Crippen LogP contribution in [0.5, 0.6) is 0 Å². The lowest BCUT2D eigenvalue weighted by atomic mass is 9.94. The Morgan fingerprint density at radius 3 is 1.87 bits per heavy atom. The molecule has 0 saturated carbocycles. The number of hydrogen-bond donors (Lipinski definition) is 0. The maximum Gasteiger partial charge on any atom is 0.227 e. The summed E-state index contributed by atoms with van der Waals surface area (Å²) in [5.74, 6) is 0.627. The highest BCUT2D eigenvalue weighted by Crippen LogP contribution is 2.46. The van der Waals surface area contributed by atoms with E-state index in [9.17, 15) is 0 Å². The number of hydrogen-bond acceptors (Lipinski definition) is 5. The van der Waals surface area contributed by atoms with E-state index in [2.05, 4.69) is 138 Å². The van der Waals surface area contributed by atoms with Gasteiger partial charge in [0, 0.05) is 42.5 Å². The number of furan rings is 1. The molecule has 0 unspecified atom stereocenters. The average molecular weight is 711 g/mol. The normalized spacial score (nSPS) is 11.7. The zero-order valence-electron chi connectivity index (χ0n) is 28.9. The lowest BCUT2D eigenvalue weighted by Gasteiger charge is -2.26. The first-order valence-corrected chi connectivity index (χ1v) is 18.8. The van der Waals surface area contributed by atoms with E-state index in [-0.39, 0.29) is 0 Å². The molecule has 254 valence electrons. The van der Waals surface area contributed by atoms with Crippen molar-refractivity contribution in [2.75, 3.05) is 4.90 Å². The van der Waals surface area contributed by atoms with E-state index in [1.165, 1.54) is 26.1 Å². The Balaban J connectivity index is 1.12. The third-order valence-electron chi connectivity index (χ3n) is 10.3. The first-order chi connectivity index (χ1) is 26.8. The SMILES string of the molecule is c1ccc(-c2nc3c(ccc4sc5ccc(N(c6ccc(-c7ccccc7-c7ccccc7)cc6)c6cccc7oc8ccccc8c67)cc5c43)o2)cc1. The zero-order valence-corrected chi connectivity index (χ0v) is 29.8. The number of rotatable bonds is 6. The average Bonchev–Trinajstić information content (AvgIpc) is 3.95. The van der Waals surface area contributed by atoms with Crippen molar-refractivity contribution in [3.05, 3.63) is 182 Å². The maximum absolute atomic E-state index is 6.41. The molecule has 0 radical (unpaired) electrons. The quantitative estimate of drug-likeness (QED) is 0.172. The molecule has 8 aromatic carbocycles. The Morgan fingerprint density at radius 2 is 1.07 bits per heavy atom. The predicted octanol–water partition coefficient (Wildman–Crippen LogP) is 14.6. The number of fused-ring (bicyclic) bond motifs is 8. The van der Waals surface area contributed by atoms with Crippen LogP contribution in [-0.2, 0) is 0 Å². The van der Waals surface area contributed by atoms with Crippen molar-refractivity contribution in [3.63, 3.8) is 0 Å². The second-order valence-corrected chi connectivity index (χ2v) is 14.6. The van der Waals surface area contributed by atoms with Gasteiger partial charge in [0.15, 0.2) is 5.58 Å². The van der Waals surface area contributed by atoms with E-state index in [0.717, 1.165) is 72.0 Å². The van der Waals surface area contributed by atoms with E-state index in [4.69, 9.17) is 13.8 Å². The van der Waals surface area contributed by atoms with E-state index >= 15 is 0 Å². The minimum atomic E-state index is 0.627. The van der Waals surface area contributed by atoms with Gasteiger partial charge in [-0.05, 0) is 95.1 Å². The maximum atomic E-state index is 6.41. The van der Waals surface area contributed by atoms with Crippen molar-refractivity contribution in [1.82, 2.24) is 4.98 Å². The van der Waals surface area contributed by atoms with Crippen molar-refractivity contribution in [2.45, 2.75) is 0 Å². The predicted molar refractivity (Wildman–Crippen MR) is 225 cm³/mol. The molecule has 0 spiro atoms. The van der Waals surface area contributed by atoms with Crippen LogP contribution in [-0.4, -0.2) is 4.98 Å². The highest BCUT2D eigenvalue weighted by atomic mass is 32.1. The summed E-state index contributed by atoms with van der Waals surface area (Å²) in [6, 6.07) is 63.9. The van der Waals surface area contributed by atoms with Crippen molar-refractivity contribution in [2.24, 2.45) is 0 Å². The molecule has 0 aliphatic carbocycles. The summed E-state index contributed by atoms with van der Waals surface area (Å²) in [5, 5.41) is 4.42. The van der Waals surface area contributed by atoms with Crippen molar-refractivity contribution >= 4 is 81.6 Å². The molecular formula is C49H30N2O2S. The smallest absolute Gasteiger partial charge is 0.227 e.